The molecular weight excluding hydrogens is 929 g/mol. The molecule has 7 aromatic rings. The number of phenolic OH excluding ortho intramolecular Hbond substituents is 1. The van der Waals surface area contributed by atoms with Crippen LogP contribution in [-0.4, -0.2) is 43.8 Å². The average molecular weight is 1010 g/mol. The van der Waals surface area contributed by atoms with Crippen LogP contribution in [0.15, 0.2) is 97.1 Å². The highest BCUT2D eigenvalue weighted by Gasteiger charge is 2.29. The van der Waals surface area contributed by atoms with Crippen molar-refractivity contribution in [3.8, 4) is 45.3 Å². The normalized spacial score (nSPS) is 13.6. The second-order valence-electron chi connectivity index (χ2n) is 20.6. The Bertz CT molecular complexity index is 3050. The smallest absolute Gasteiger partial charge is 0.196 e. The summed E-state index contributed by atoms with van der Waals surface area (Å²) in [6, 6.07) is 36.1. The summed E-state index contributed by atoms with van der Waals surface area (Å²) in [6.07, 6.45) is -1.06. The Morgan fingerprint density at radius 1 is 0.333 bits per heavy atom. The van der Waals surface area contributed by atoms with Crippen LogP contribution in [0.4, 0.5) is 0 Å². The van der Waals surface area contributed by atoms with E-state index in [1.807, 2.05) is 55.4 Å². The molecule has 4 unspecified atom stereocenters. The molecule has 7 nitrogen and oxygen atoms in total. The van der Waals surface area contributed by atoms with Gasteiger partial charge in [-0.15, -0.1) is 0 Å². The molecule has 0 aliphatic rings. The Hall–Kier alpha value is -6.38. The molecule has 0 heterocycles. The summed E-state index contributed by atoms with van der Waals surface area (Å²) in [5, 5.41) is 11.0. The minimum Gasteiger partial charge on any atom is -0.507 e. The van der Waals surface area contributed by atoms with Crippen LogP contribution in [0.3, 0.4) is 0 Å². The molecule has 0 saturated heterocycles. The highest BCUT2D eigenvalue weighted by molar-refractivity contribution is 5.72. The SMILES string of the molecule is CCOC(C)Oc1c(C)cc(C(c2ccc(-c3ccc(-c4ccc(C(c5cc(C)c(OC(C)OCC)c(C)c5C)c5cc(C)c(OC(C)OCC)c(C)c5C)cc4)cc3)cc2)c2cc(C)c(O)c(C)c2C)c(C)c1C. The predicted octanol–water partition coefficient (Wildman–Crippen LogP) is 17.1. The molecule has 0 radical (unpaired) electrons. The van der Waals surface area contributed by atoms with Crippen molar-refractivity contribution >= 4 is 0 Å². The Morgan fingerprint density at radius 2 is 0.573 bits per heavy atom. The van der Waals surface area contributed by atoms with E-state index in [9.17, 15) is 5.11 Å². The molecule has 0 amide bonds. The van der Waals surface area contributed by atoms with Gasteiger partial charge >= 0.3 is 0 Å². The highest BCUT2D eigenvalue weighted by Crippen LogP contribution is 2.46. The van der Waals surface area contributed by atoms with Crippen LogP contribution >= 0.6 is 0 Å². The molecule has 0 fully saturated rings. The van der Waals surface area contributed by atoms with Gasteiger partial charge < -0.3 is 33.5 Å². The van der Waals surface area contributed by atoms with Crippen LogP contribution in [0.5, 0.6) is 23.0 Å². The van der Waals surface area contributed by atoms with Gasteiger partial charge in [-0.05, 0) is 247 Å². The maximum atomic E-state index is 11.0. The Kier molecular flexibility index (Phi) is 18.1. The first kappa shape index (κ1) is 56.3. The summed E-state index contributed by atoms with van der Waals surface area (Å²) in [7, 11) is 0. The summed E-state index contributed by atoms with van der Waals surface area (Å²) in [5.41, 5.74) is 24.9. The van der Waals surface area contributed by atoms with Gasteiger partial charge in [0, 0.05) is 31.7 Å². The van der Waals surface area contributed by atoms with Crippen molar-refractivity contribution in [1.29, 1.82) is 0 Å². The Morgan fingerprint density at radius 3 is 0.840 bits per heavy atom. The fourth-order valence-corrected chi connectivity index (χ4v) is 11.1. The van der Waals surface area contributed by atoms with E-state index in [1.54, 1.807) is 0 Å². The van der Waals surface area contributed by atoms with E-state index in [2.05, 4.69) is 166 Å². The molecule has 0 aliphatic carbocycles. The van der Waals surface area contributed by atoms with E-state index in [0.29, 0.717) is 25.6 Å². The zero-order chi connectivity index (χ0) is 54.6. The first-order valence-electron chi connectivity index (χ1n) is 27.0. The molecule has 0 aliphatic heterocycles. The lowest BCUT2D eigenvalue weighted by atomic mass is 9.78. The van der Waals surface area contributed by atoms with E-state index in [-0.39, 0.29) is 30.7 Å². The molecule has 1 N–H and O–H groups in total. The van der Waals surface area contributed by atoms with E-state index >= 15 is 0 Å². The van der Waals surface area contributed by atoms with Crippen LogP contribution in [0.2, 0.25) is 0 Å². The fourth-order valence-electron chi connectivity index (χ4n) is 11.1. The molecule has 0 aromatic heterocycles. The van der Waals surface area contributed by atoms with Crippen LogP contribution in [0.1, 0.15) is 154 Å². The molecule has 396 valence electrons. The number of aryl methyl sites for hydroxylation is 4. The van der Waals surface area contributed by atoms with Gasteiger partial charge in [0.2, 0.25) is 0 Å². The summed E-state index contributed by atoms with van der Waals surface area (Å²) in [4.78, 5) is 0. The molecule has 7 aromatic carbocycles. The van der Waals surface area contributed by atoms with Crippen LogP contribution < -0.4 is 14.2 Å². The zero-order valence-electron chi connectivity index (χ0n) is 48.1. The molecular formula is C68H82O7. The standard InChI is InChI=1S/C68H82O7/c1-19-70-50(16)73-66-39(5)35-60(43(9)47(66)13)63(59-34-38(4)65(69)46(12)42(59)8)57-30-26-55(27-31-57)53-22-24-54(25-23-53)56-28-32-58(33-29-56)64(61-36-40(6)67(48(14)44(61)10)74-51(17)71-20-2)62-37-41(7)68(49(15)45(62)11)75-52(18)72-21-3/h22-37,50-52,63-64,69H,19-21H2,1-18H3. The summed E-state index contributed by atoms with van der Waals surface area (Å²) in [6.45, 7) is 39.2. The van der Waals surface area contributed by atoms with Gasteiger partial charge in [-0.25, -0.2) is 0 Å². The first-order chi connectivity index (χ1) is 35.7. The van der Waals surface area contributed by atoms with Crippen molar-refractivity contribution in [2.75, 3.05) is 19.8 Å². The molecule has 0 saturated carbocycles. The monoisotopic (exact) mass is 1010 g/mol. The number of hydrogen-bond donors (Lipinski definition) is 1. The molecule has 7 heteroatoms. The fraction of sp³-hybridized carbons (Fsp3) is 0.382. The van der Waals surface area contributed by atoms with Gasteiger partial charge in [0.05, 0.1) is 0 Å². The number of hydrogen-bond acceptors (Lipinski definition) is 7. The van der Waals surface area contributed by atoms with E-state index in [1.165, 1.54) is 50.1 Å². The largest absolute Gasteiger partial charge is 0.507 e. The van der Waals surface area contributed by atoms with Crippen LogP contribution in [-0.2, 0) is 14.2 Å². The lowest BCUT2D eigenvalue weighted by Crippen LogP contribution is -2.19. The van der Waals surface area contributed by atoms with Gasteiger partial charge in [-0.3, -0.25) is 0 Å². The molecule has 7 rings (SSSR count). The number of rotatable bonds is 20. The van der Waals surface area contributed by atoms with Gasteiger partial charge in [0.1, 0.15) is 23.0 Å². The molecule has 0 spiro atoms. The minimum absolute atomic E-state index is 0.0543. The third-order valence-electron chi connectivity index (χ3n) is 15.6. The maximum Gasteiger partial charge on any atom is 0.196 e. The maximum absolute atomic E-state index is 11.0. The Balaban J connectivity index is 1.24. The van der Waals surface area contributed by atoms with Crippen molar-refractivity contribution in [2.24, 2.45) is 0 Å². The Labute approximate surface area is 449 Å². The van der Waals surface area contributed by atoms with Crippen molar-refractivity contribution in [1.82, 2.24) is 0 Å². The third-order valence-corrected chi connectivity index (χ3v) is 15.6. The number of aromatic hydroxyl groups is 1. The van der Waals surface area contributed by atoms with Gasteiger partial charge in [-0.1, -0.05) is 97.1 Å². The molecule has 0 bridgehead atoms. The van der Waals surface area contributed by atoms with Crippen LogP contribution in [0.25, 0.3) is 22.3 Å². The van der Waals surface area contributed by atoms with Crippen molar-refractivity contribution < 1.29 is 33.5 Å². The lowest BCUT2D eigenvalue weighted by molar-refractivity contribution is -0.0623. The van der Waals surface area contributed by atoms with Gasteiger partial charge in [-0.2, -0.15) is 0 Å². The average Bonchev–Trinajstić information content (AvgIpc) is 3.39. The second kappa shape index (κ2) is 24.1. The molecule has 4 atom stereocenters. The first-order valence-corrected chi connectivity index (χ1v) is 27.0. The summed E-state index contributed by atoms with van der Waals surface area (Å²) < 4.78 is 36.6. The predicted molar refractivity (Wildman–Crippen MR) is 309 cm³/mol. The number of ether oxygens (including phenoxy) is 6. The van der Waals surface area contributed by atoms with E-state index < -0.39 is 0 Å². The van der Waals surface area contributed by atoms with E-state index in [0.717, 1.165) is 89.6 Å². The van der Waals surface area contributed by atoms with Gasteiger partial charge in [0.15, 0.2) is 18.9 Å². The van der Waals surface area contributed by atoms with Crippen molar-refractivity contribution in [3.63, 3.8) is 0 Å². The summed E-state index contributed by atoms with van der Waals surface area (Å²) >= 11 is 0. The second-order valence-corrected chi connectivity index (χ2v) is 20.6. The van der Waals surface area contributed by atoms with Gasteiger partial charge in [0.25, 0.3) is 0 Å². The number of benzene rings is 7. The summed E-state index contributed by atoms with van der Waals surface area (Å²) in [5.74, 6) is 2.85. The highest BCUT2D eigenvalue weighted by atomic mass is 16.7. The topological polar surface area (TPSA) is 75.6 Å². The minimum atomic E-state index is -0.354. The van der Waals surface area contributed by atoms with E-state index in [4.69, 9.17) is 28.4 Å². The number of phenols is 1. The van der Waals surface area contributed by atoms with Crippen molar-refractivity contribution in [3.05, 3.63) is 197 Å². The lowest BCUT2D eigenvalue weighted by Gasteiger charge is -2.29. The zero-order valence-corrected chi connectivity index (χ0v) is 48.1. The quantitative estimate of drug-likeness (QED) is 0.0602. The van der Waals surface area contributed by atoms with Crippen molar-refractivity contribution in [2.45, 2.75) is 155 Å². The third kappa shape index (κ3) is 11.9. The molecule has 75 heavy (non-hydrogen) atoms. The van der Waals surface area contributed by atoms with Crippen LogP contribution in [0, 0.1) is 83.1 Å².